The second-order valence-electron chi connectivity index (χ2n) is 4.67. The molecule has 27 heavy (non-hydrogen) atoms. The van der Waals surface area contributed by atoms with Crippen molar-refractivity contribution in [1.82, 2.24) is 0 Å². The number of benzene rings is 1. The molecule has 0 spiro atoms. The van der Waals surface area contributed by atoms with Crippen LogP contribution in [0.15, 0.2) is 12.1 Å². The topological polar surface area (TPSA) is 159 Å². The number of nitrogens with zero attached hydrogens (tertiary/aromatic N) is 1. The number of carbonyl (C=O) groups is 5. The van der Waals surface area contributed by atoms with Crippen molar-refractivity contribution in [2.75, 3.05) is 19.5 Å². The number of hydrogen-bond acceptors (Lipinski definition) is 9. The molecule has 13 heteroatoms. The molecule has 0 heterocycles. The molecule has 0 saturated carbocycles. The van der Waals surface area contributed by atoms with Gasteiger partial charge in [0.05, 0.1) is 34.9 Å². The van der Waals surface area contributed by atoms with Crippen molar-refractivity contribution in [3.63, 3.8) is 0 Å². The molecule has 0 aliphatic carbocycles. The van der Waals surface area contributed by atoms with Crippen LogP contribution in [0.2, 0.25) is 10.0 Å². The highest BCUT2D eigenvalue weighted by molar-refractivity contribution is 6.55. The summed E-state index contributed by atoms with van der Waals surface area (Å²) in [5, 5.41) is 11.9. The van der Waals surface area contributed by atoms with E-state index >= 15 is 0 Å². The predicted molar refractivity (Wildman–Crippen MR) is 89.3 cm³/mol. The van der Waals surface area contributed by atoms with Gasteiger partial charge in [-0.1, -0.05) is 23.2 Å². The number of nitrogens with one attached hydrogen (secondary N) is 1. The summed E-state index contributed by atoms with van der Waals surface area (Å²) in [6.45, 7) is 0. The van der Waals surface area contributed by atoms with Crippen LogP contribution in [0.5, 0.6) is 0 Å². The van der Waals surface area contributed by atoms with Gasteiger partial charge in [-0.15, -0.1) is 0 Å². The second-order valence-corrected chi connectivity index (χ2v) is 5.49. The molecule has 144 valence electrons. The van der Waals surface area contributed by atoms with Gasteiger partial charge in [0, 0.05) is 12.1 Å². The van der Waals surface area contributed by atoms with E-state index in [-0.39, 0.29) is 15.7 Å². The molecular weight excluding hydrogens is 411 g/mol. The third-order valence-electron chi connectivity index (χ3n) is 3.05. The Morgan fingerprint density at radius 1 is 1.04 bits per heavy atom. The molecule has 0 aromatic heterocycles. The first-order chi connectivity index (χ1) is 12.5. The lowest BCUT2D eigenvalue weighted by Crippen LogP contribution is -2.42. The summed E-state index contributed by atoms with van der Waals surface area (Å²) < 4.78 is 8.37. The Balaban J connectivity index is 3.18. The standard InChI is InChI=1S/C14H10Cl2N2O9/c1-26-13(22)8(11(20)14(23)27-2)10(19)12(21)17-9-6(15)3-5(18(24)25)4-7(9)16/h3-4,8H,1-2H3,(H,17,21). The molecule has 0 fully saturated rings. The first-order valence-corrected chi connectivity index (χ1v) is 7.49. The Bertz CT molecular complexity index is 830. The van der Waals surface area contributed by atoms with Gasteiger partial charge in [0.15, 0.2) is 5.92 Å². The number of hydrogen-bond donors (Lipinski definition) is 1. The van der Waals surface area contributed by atoms with E-state index < -0.39 is 45.9 Å². The van der Waals surface area contributed by atoms with Crippen molar-refractivity contribution >= 4 is 64.0 Å². The number of esters is 2. The highest BCUT2D eigenvalue weighted by atomic mass is 35.5. The number of methoxy groups -OCH3 is 2. The number of amides is 1. The number of ether oxygens (including phenoxy) is 2. The number of carbonyl (C=O) groups excluding carboxylic acids is 5. The van der Waals surface area contributed by atoms with E-state index in [0.29, 0.717) is 0 Å². The van der Waals surface area contributed by atoms with Crippen molar-refractivity contribution in [3.05, 3.63) is 32.3 Å². The molecule has 0 radical (unpaired) electrons. The van der Waals surface area contributed by atoms with E-state index in [4.69, 9.17) is 23.2 Å². The number of non-ortho nitro benzene ring substituents is 1. The second kappa shape index (κ2) is 9.05. The number of ketones is 2. The third-order valence-corrected chi connectivity index (χ3v) is 3.64. The maximum Gasteiger partial charge on any atom is 0.375 e. The lowest BCUT2D eigenvalue weighted by atomic mass is 9.98. The molecule has 1 aromatic rings. The first-order valence-electron chi connectivity index (χ1n) is 6.73. The van der Waals surface area contributed by atoms with Gasteiger partial charge in [-0.25, -0.2) is 4.79 Å². The molecule has 0 aliphatic rings. The minimum Gasteiger partial charge on any atom is -0.468 e. The summed E-state index contributed by atoms with van der Waals surface area (Å²) in [6, 6.07) is 1.70. The number of halogens is 2. The Labute approximate surface area is 160 Å². The number of rotatable bonds is 7. The highest BCUT2D eigenvalue weighted by Gasteiger charge is 2.43. The van der Waals surface area contributed by atoms with Crippen LogP contribution in [0.1, 0.15) is 0 Å². The van der Waals surface area contributed by atoms with Gasteiger partial charge in [-0.3, -0.25) is 29.3 Å². The minimum absolute atomic E-state index is 0.378. The van der Waals surface area contributed by atoms with Crippen molar-refractivity contribution in [2.45, 2.75) is 0 Å². The molecule has 0 bridgehead atoms. The maximum atomic E-state index is 12.2. The van der Waals surface area contributed by atoms with Crippen LogP contribution >= 0.6 is 23.2 Å². The zero-order valence-electron chi connectivity index (χ0n) is 13.6. The summed E-state index contributed by atoms with van der Waals surface area (Å²) in [5.41, 5.74) is -0.862. The highest BCUT2D eigenvalue weighted by Crippen LogP contribution is 2.34. The van der Waals surface area contributed by atoms with Crippen molar-refractivity contribution < 1.29 is 38.4 Å². The fourth-order valence-electron chi connectivity index (χ4n) is 1.76. The quantitative estimate of drug-likeness (QED) is 0.222. The smallest absolute Gasteiger partial charge is 0.375 e. The molecule has 11 nitrogen and oxygen atoms in total. The number of anilines is 1. The van der Waals surface area contributed by atoms with Crippen molar-refractivity contribution in [3.8, 4) is 0 Å². The summed E-state index contributed by atoms with van der Waals surface area (Å²) in [4.78, 5) is 69.0. The van der Waals surface area contributed by atoms with Gasteiger partial charge in [0.2, 0.25) is 5.78 Å². The van der Waals surface area contributed by atoms with Crippen LogP contribution in [0.4, 0.5) is 11.4 Å². The lowest BCUT2D eigenvalue weighted by molar-refractivity contribution is -0.384. The Morgan fingerprint density at radius 2 is 1.56 bits per heavy atom. The molecule has 1 atom stereocenters. The first kappa shape index (κ1) is 22.0. The van der Waals surface area contributed by atoms with Gasteiger partial charge in [0.1, 0.15) is 0 Å². The van der Waals surface area contributed by atoms with Crippen LogP contribution < -0.4 is 5.32 Å². The van der Waals surface area contributed by atoms with Crippen LogP contribution in [0.25, 0.3) is 0 Å². The average Bonchev–Trinajstić information content (AvgIpc) is 2.62. The fourth-order valence-corrected chi connectivity index (χ4v) is 2.33. The Morgan fingerprint density at radius 3 is 1.96 bits per heavy atom. The monoisotopic (exact) mass is 420 g/mol. The average molecular weight is 421 g/mol. The van der Waals surface area contributed by atoms with E-state index in [1.165, 1.54) is 0 Å². The molecule has 1 aromatic carbocycles. The minimum atomic E-state index is -2.40. The normalized spacial score (nSPS) is 11.1. The zero-order valence-corrected chi connectivity index (χ0v) is 15.1. The zero-order chi connectivity index (χ0) is 20.9. The van der Waals surface area contributed by atoms with Gasteiger partial charge in [0.25, 0.3) is 17.4 Å². The fraction of sp³-hybridized carbons (Fsp3) is 0.214. The van der Waals surface area contributed by atoms with E-state index in [0.717, 1.165) is 26.4 Å². The number of nitro groups is 1. The number of nitro benzene ring substituents is 1. The molecule has 0 saturated heterocycles. The lowest BCUT2D eigenvalue weighted by Gasteiger charge is -2.12. The van der Waals surface area contributed by atoms with Crippen molar-refractivity contribution in [2.24, 2.45) is 5.92 Å². The predicted octanol–water partition coefficient (Wildman–Crippen LogP) is 0.940. The van der Waals surface area contributed by atoms with Crippen LogP contribution in [-0.4, -0.2) is 48.6 Å². The van der Waals surface area contributed by atoms with Gasteiger partial charge in [-0.05, 0) is 0 Å². The Kier molecular flexibility index (Phi) is 7.37. The largest absolute Gasteiger partial charge is 0.468 e. The third kappa shape index (κ3) is 4.99. The van der Waals surface area contributed by atoms with Crippen molar-refractivity contribution in [1.29, 1.82) is 0 Å². The molecular formula is C14H10Cl2N2O9. The van der Waals surface area contributed by atoms with E-state index in [9.17, 15) is 34.1 Å². The van der Waals surface area contributed by atoms with Crippen LogP contribution in [0, 0.1) is 16.0 Å². The molecule has 1 N–H and O–H groups in total. The van der Waals surface area contributed by atoms with Gasteiger partial charge in [-0.2, -0.15) is 0 Å². The summed E-state index contributed by atoms with van der Waals surface area (Å²) in [5.74, 6) is -10.2. The van der Waals surface area contributed by atoms with Crippen LogP contribution in [0.3, 0.4) is 0 Å². The van der Waals surface area contributed by atoms with E-state index in [2.05, 4.69) is 9.47 Å². The van der Waals surface area contributed by atoms with Gasteiger partial charge < -0.3 is 14.8 Å². The summed E-state index contributed by atoms with van der Waals surface area (Å²) in [6.07, 6.45) is 0. The Hall–Kier alpha value is -3.05. The molecule has 1 amide bonds. The summed E-state index contributed by atoms with van der Waals surface area (Å²) >= 11 is 11.6. The van der Waals surface area contributed by atoms with E-state index in [1.54, 1.807) is 0 Å². The summed E-state index contributed by atoms with van der Waals surface area (Å²) in [7, 11) is 1.66. The van der Waals surface area contributed by atoms with Crippen LogP contribution in [-0.2, 0) is 33.4 Å². The number of Topliss-reactive ketones (excluding diaryl/α,β-unsaturated/α-hetero) is 2. The molecule has 1 rings (SSSR count). The molecule has 0 aliphatic heterocycles. The van der Waals surface area contributed by atoms with Gasteiger partial charge >= 0.3 is 11.9 Å². The molecule has 1 unspecified atom stereocenters. The SMILES string of the molecule is COC(=O)C(=O)C(C(=O)OC)C(=O)C(=O)Nc1c(Cl)cc([N+](=O)[O-])cc1Cl. The maximum absolute atomic E-state index is 12.2. The van der Waals surface area contributed by atoms with E-state index in [1.807, 2.05) is 5.32 Å².